The number of hydrogen-bond acceptors (Lipinski definition) is 3. The van der Waals surface area contributed by atoms with Gasteiger partial charge < -0.3 is 20.7 Å². The minimum absolute atomic E-state index is 0.0352. The first kappa shape index (κ1) is 25.0. The Bertz CT molecular complexity index is 929. The Hall–Kier alpha value is -2.65. The molecular formula is C24H29F4N3O2. The van der Waals surface area contributed by atoms with Crippen molar-refractivity contribution >= 4 is 6.03 Å². The highest BCUT2D eigenvalue weighted by molar-refractivity contribution is 5.73. The molecule has 9 heteroatoms. The molecule has 3 rings (SSSR count). The number of rotatable bonds is 7. The normalized spacial score (nSPS) is 21.9. The van der Waals surface area contributed by atoms with Crippen LogP contribution in [0.3, 0.4) is 0 Å². The predicted molar refractivity (Wildman–Crippen MR) is 117 cm³/mol. The van der Waals surface area contributed by atoms with Gasteiger partial charge in [0.2, 0.25) is 0 Å². The zero-order valence-electron chi connectivity index (χ0n) is 18.6. The van der Waals surface area contributed by atoms with Gasteiger partial charge in [-0.25, -0.2) is 9.18 Å². The maximum absolute atomic E-state index is 13.3. The van der Waals surface area contributed by atoms with Crippen LogP contribution in [0.2, 0.25) is 0 Å². The Balaban J connectivity index is 1.78. The number of carbonyl (C=O) groups is 1. The topological polar surface area (TPSA) is 62.4 Å². The zero-order valence-corrected chi connectivity index (χ0v) is 18.6. The number of alkyl halides is 4. The quantitative estimate of drug-likeness (QED) is 0.512. The molecule has 0 radical (unpaired) electrons. The van der Waals surface area contributed by atoms with Crippen LogP contribution in [0.5, 0.6) is 0 Å². The SMILES string of the molecule is CNC(=O)N[C@H]1CC[C@@](COC(C)c2cc(CF)cc(C(F)(F)F)c2)(c2ccccc2)NC1. The van der Waals surface area contributed by atoms with Gasteiger partial charge in [-0.2, -0.15) is 13.2 Å². The molecule has 1 heterocycles. The number of nitrogens with one attached hydrogen (secondary N) is 3. The summed E-state index contributed by atoms with van der Waals surface area (Å²) in [6.45, 7) is 1.38. The number of benzene rings is 2. The number of amides is 2. The Morgan fingerprint density at radius 1 is 1.24 bits per heavy atom. The van der Waals surface area contributed by atoms with Crippen molar-refractivity contribution in [3.8, 4) is 0 Å². The largest absolute Gasteiger partial charge is 0.416 e. The van der Waals surface area contributed by atoms with Crippen molar-refractivity contribution < 1.29 is 27.1 Å². The van der Waals surface area contributed by atoms with Gasteiger partial charge in [-0.15, -0.1) is 0 Å². The average Bonchev–Trinajstić information content (AvgIpc) is 2.83. The van der Waals surface area contributed by atoms with Crippen LogP contribution in [-0.2, 0) is 23.1 Å². The van der Waals surface area contributed by atoms with Crippen LogP contribution >= 0.6 is 0 Å². The lowest BCUT2D eigenvalue weighted by molar-refractivity contribution is -0.137. The lowest BCUT2D eigenvalue weighted by atomic mass is 9.81. The summed E-state index contributed by atoms with van der Waals surface area (Å²) in [5, 5.41) is 8.91. The smallest absolute Gasteiger partial charge is 0.372 e. The number of hydrogen-bond donors (Lipinski definition) is 3. The van der Waals surface area contributed by atoms with E-state index in [4.69, 9.17) is 4.74 Å². The molecular weight excluding hydrogens is 438 g/mol. The molecule has 180 valence electrons. The molecule has 1 saturated heterocycles. The Kier molecular flexibility index (Phi) is 7.97. The molecule has 5 nitrogen and oxygen atoms in total. The monoisotopic (exact) mass is 467 g/mol. The van der Waals surface area contributed by atoms with E-state index in [2.05, 4.69) is 16.0 Å². The van der Waals surface area contributed by atoms with E-state index in [1.54, 1.807) is 14.0 Å². The van der Waals surface area contributed by atoms with E-state index in [1.165, 1.54) is 6.07 Å². The molecule has 2 aromatic carbocycles. The molecule has 33 heavy (non-hydrogen) atoms. The van der Waals surface area contributed by atoms with Crippen LogP contribution in [0, 0.1) is 0 Å². The standard InChI is InChI=1S/C24H29F4N3O2/c1-16(18-10-17(13-25)11-20(12-18)24(26,27)28)33-15-23(19-6-4-3-5-7-19)9-8-21(14-30-23)31-22(32)29-2/h3-7,10-12,16,21,30H,8-9,13-15H2,1-2H3,(H2,29,31,32)/t16?,21-,23+/m0/s1. The fourth-order valence-corrected chi connectivity index (χ4v) is 4.08. The van der Waals surface area contributed by atoms with Crippen molar-refractivity contribution in [2.24, 2.45) is 0 Å². The van der Waals surface area contributed by atoms with E-state index < -0.39 is 30.1 Å². The van der Waals surface area contributed by atoms with Crippen molar-refractivity contribution in [1.29, 1.82) is 0 Å². The Labute approximate surface area is 190 Å². The summed E-state index contributed by atoms with van der Waals surface area (Å²) in [5.74, 6) is 0. The van der Waals surface area contributed by atoms with Gasteiger partial charge in [0.25, 0.3) is 0 Å². The third kappa shape index (κ3) is 6.23. The molecule has 0 saturated carbocycles. The van der Waals surface area contributed by atoms with Crippen LogP contribution in [0.25, 0.3) is 0 Å². The maximum Gasteiger partial charge on any atom is 0.416 e. The highest BCUT2D eigenvalue weighted by Gasteiger charge is 2.38. The summed E-state index contributed by atoms with van der Waals surface area (Å²) in [4.78, 5) is 11.7. The maximum atomic E-state index is 13.3. The van der Waals surface area contributed by atoms with Crippen molar-refractivity contribution in [3.63, 3.8) is 0 Å². The van der Waals surface area contributed by atoms with Gasteiger partial charge >= 0.3 is 12.2 Å². The molecule has 0 aliphatic carbocycles. The molecule has 1 unspecified atom stereocenters. The van der Waals surface area contributed by atoms with Crippen molar-refractivity contribution in [2.45, 2.75) is 50.3 Å². The second kappa shape index (κ2) is 10.5. The third-order valence-corrected chi connectivity index (χ3v) is 6.04. The minimum Gasteiger partial charge on any atom is -0.372 e. The van der Waals surface area contributed by atoms with E-state index in [0.717, 1.165) is 17.7 Å². The first-order valence-electron chi connectivity index (χ1n) is 10.8. The van der Waals surface area contributed by atoms with E-state index in [9.17, 15) is 22.4 Å². The van der Waals surface area contributed by atoms with Crippen molar-refractivity contribution in [1.82, 2.24) is 16.0 Å². The number of halogens is 4. The van der Waals surface area contributed by atoms with Gasteiger partial charge in [0.1, 0.15) is 6.67 Å². The minimum atomic E-state index is -4.57. The molecule has 2 aromatic rings. The molecule has 2 amide bonds. The molecule has 0 aromatic heterocycles. The van der Waals surface area contributed by atoms with Crippen LogP contribution < -0.4 is 16.0 Å². The lowest BCUT2D eigenvalue weighted by Gasteiger charge is -2.42. The molecule has 3 N–H and O–H groups in total. The van der Waals surface area contributed by atoms with Gasteiger partial charge in [-0.3, -0.25) is 0 Å². The van der Waals surface area contributed by atoms with Gasteiger partial charge in [0, 0.05) is 19.6 Å². The highest BCUT2D eigenvalue weighted by Crippen LogP contribution is 2.35. The molecule has 1 fully saturated rings. The average molecular weight is 468 g/mol. The van der Waals surface area contributed by atoms with E-state index in [1.807, 2.05) is 30.3 Å². The second-order valence-electron chi connectivity index (χ2n) is 8.34. The van der Waals surface area contributed by atoms with Gasteiger partial charge in [0.05, 0.1) is 23.8 Å². The fourth-order valence-electron chi connectivity index (χ4n) is 4.08. The molecule has 0 bridgehead atoms. The molecule has 1 aliphatic rings. The number of urea groups is 1. The lowest BCUT2D eigenvalue weighted by Crippen LogP contribution is -2.57. The summed E-state index contributed by atoms with van der Waals surface area (Å²) in [6.07, 6.45) is -3.90. The second-order valence-corrected chi connectivity index (χ2v) is 8.34. The van der Waals surface area contributed by atoms with Crippen molar-refractivity contribution in [2.75, 3.05) is 20.2 Å². The molecule has 0 spiro atoms. The summed E-state index contributed by atoms with van der Waals surface area (Å²) in [5.41, 5.74) is -0.229. The first-order chi connectivity index (χ1) is 15.7. The molecule has 1 aliphatic heterocycles. The number of carbonyl (C=O) groups excluding carboxylic acids is 1. The number of ether oxygens (including phenoxy) is 1. The Morgan fingerprint density at radius 2 is 1.97 bits per heavy atom. The summed E-state index contributed by atoms with van der Waals surface area (Å²) < 4.78 is 59.0. The van der Waals surface area contributed by atoms with Crippen LogP contribution in [0.4, 0.5) is 22.4 Å². The third-order valence-electron chi connectivity index (χ3n) is 6.04. The number of piperidine rings is 1. The first-order valence-corrected chi connectivity index (χ1v) is 10.8. The van der Waals surface area contributed by atoms with Crippen LogP contribution in [-0.4, -0.2) is 32.3 Å². The summed E-state index contributed by atoms with van der Waals surface area (Å²) in [6, 6.07) is 12.6. The zero-order chi connectivity index (χ0) is 24.1. The van der Waals surface area contributed by atoms with E-state index >= 15 is 0 Å². The van der Waals surface area contributed by atoms with Crippen molar-refractivity contribution in [3.05, 3.63) is 70.8 Å². The van der Waals surface area contributed by atoms with E-state index in [-0.39, 0.29) is 29.8 Å². The predicted octanol–water partition coefficient (Wildman–Crippen LogP) is 4.83. The van der Waals surface area contributed by atoms with Gasteiger partial charge in [0.15, 0.2) is 0 Å². The van der Waals surface area contributed by atoms with Gasteiger partial charge in [-0.05, 0) is 48.6 Å². The Morgan fingerprint density at radius 3 is 2.55 bits per heavy atom. The van der Waals surface area contributed by atoms with Crippen LogP contribution in [0.15, 0.2) is 48.5 Å². The van der Waals surface area contributed by atoms with Gasteiger partial charge in [-0.1, -0.05) is 36.4 Å². The molecule has 3 atom stereocenters. The summed E-state index contributed by atoms with van der Waals surface area (Å²) >= 11 is 0. The van der Waals surface area contributed by atoms with E-state index in [0.29, 0.717) is 19.4 Å². The van der Waals surface area contributed by atoms with Crippen LogP contribution in [0.1, 0.15) is 48.1 Å². The fraction of sp³-hybridized carbons (Fsp3) is 0.458. The highest BCUT2D eigenvalue weighted by atomic mass is 19.4. The summed E-state index contributed by atoms with van der Waals surface area (Å²) in [7, 11) is 1.55.